The lowest BCUT2D eigenvalue weighted by Gasteiger charge is -2.35. The number of benzene rings is 2. The molecule has 5 nitrogen and oxygen atoms in total. The van der Waals surface area contributed by atoms with E-state index in [1.54, 1.807) is 18.3 Å². The quantitative estimate of drug-likeness (QED) is 0.684. The smallest absolute Gasteiger partial charge is 0.123 e. The Labute approximate surface area is 164 Å². The van der Waals surface area contributed by atoms with Gasteiger partial charge in [0.1, 0.15) is 5.82 Å². The van der Waals surface area contributed by atoms with Crippen LogP contribution in [-0.2, 0) is 11.3 Å². The maximum atomic E-state index is 13.8. The van der Waals surface area contributed by atoms with Gasteiger partial charge in [0.2, 0.25) is 0 Å². The van der Waals surface area contributed by atoms with Crippen LogP contribution in [0.1, 0.15) is 17.2 Å². The molecule has 1 atom stereocenters. The van der Waals surface area contributed by atoms with Gasteiger partial charge in [-0.25, -0.2) is 9.07 Å². The molecule has 146 valence electrons. The van der Waals surface area contributed by atoms with Crippen LogP contribution in [0, 0.1) is 5.82 Å². The molecule has 1 saturated heterocycles. The maximum absolute atomic E-state index is 13.8. The highest BCUT2D eigenvalue weighted by Gasteiger charge is 2.22. The molecule has 0 bridgehead atoms. The number of ether oxygens (including phenoxy) is 1. The minimum Gasteiger partial charge on any atom is -0.379 e. The van der Waals surface area contributed by atoms with Crippen LogP contribution in [0.4, 0.5) is 4.39 Å². The van der Waals surface area contributed by atoms with E-state index in [0.29, 0.717) is 0 Å². The van der Waals surface area contributed by atoms with Crippen LogP contribution in [0.25, 0.3) is 5.69 Å². The molecule has 1 aliphatic rings. The molecule has 2 aromatic carbocycles. The van der Waals surface area contributed by atoms with Crippen molar-refractivity contribution in [2.75, 3.05) is 32.8 Å². The van der Waals surface area contributed by atoms with Crippen molar-refractivity contribution in [2.45, 2.75) is 12.6 Å². The third-order valence-electron chi connectivity index (χ3n) is 5.09. The fourth-order valence-electron chi connectivity index (χ4n) is 3.60. The van der Waals surface area contributed by atoms with Gasteiger partial charge in [-0.2, -0.15) is 5.10 Å². The van der Waals surface area contributed by atoms with E-state index in [-0.39, 0.29) is 11.9 Å². The van der Waals surface area contributed by atoms with E-state index in [0.717, 1.165) is 50.6 Å². The van der Waals surface area contributed by atoms with Crippen molar-refractivity contribution in [3.8, 4) is 5.69 Å². The van der Waals surface area contributed by atoms with Gasteiger partial charge in [-0.1, -0.05) is 24.3 Å². The van der Waals surface area contributed by atoms with Crippen molar-refractivity contribution in [3.63, 3.8) is 0 Å². The van der Waals surface area contributed by atoms with E-state index in [2.05, 4.69) is 39.6 Å². The minimum atomic E-state index is -0.190. The third kappa shape index (κ3) is 4.65. The summed E-state index contributed by atoms with van der Waals surface area (Å²) in [6.07, 6.45) is 3.70. The molecule has 0 saturated carbocycles. The average molecular weight is 380 g/mol. The summed E-state index contributed by atoms with van der Waals surface area (Å²) in [7, 11) is 0. The molecule has 28 heavy (non-hydrogen) atoms. The molecule has 0 amide bonds. The predicted molar refractivity (Wildman–Crippen MR) is 107 cm³/mol. The first-order valence-electron chi connectivity index (χ1n) is 9.66. The molecule has 1 aliphatic heterocycles. The second kappa shape index (κ2) is 9.10. The second-order valence-electron chi connectivity index (χ2n) is 6.97. The van der Waals surface area contributed by atoms with Gasteiger partial charge in [0.05, 0.1) is 18.9 Å². The molecule has 1 N–H and O–H groups in total. The van der Waals surface area contributed by atoms with Gasteiger partial charge in [-0.15, -0.1) is 0 Å². The molecule has 0 radical (unpaired) electrons. The lowest BCUT2D eigenvalue weighted by Crippen LogP contribution is -2.42. The number of nitrogens with zero attached hydrogens (tertiary/aromatic N) is 3. The lowest BCUT2D eigenvalue weighted by molar-refractivity contribution is 0.0160. The van der Waals surface area contributed by atoms with Crippen LogP contribution >= 0.6 is 0 Å². The Kier molecular flexibility index (Phi) is 6.11. The Balaban J connectivity index is 1.40. The lowest BCUT2D eigenvalue weighted by atomic mass is 10.0. The van der Waals surface area contributed by atoms with Crippen LogP contribution in [0.3, 0.4) is 0 Å². The van der Waals surface area contributed by atoms with Gasteiger partial charge in [0.15, 0.2) is 0 Å². The van der Waals surface area contributed by atoms with E-state index < -0.39 is 0 Å². The molecule has 1 aromatic heterocycles. The Morgan fingerprint density at radius 2 is 1.89 bits per heavy atom. The van der Waals surface area contributed by atoms with Crippen LogP contribution in [0.5, 0.6) is 0 Å². The zero-order chi connectivity index (χ0) is 19.2. The highest BCUT2D eigenvalue weighted by Crippen LogP contribution is 2.22. The summed E-state index contributed by atoms with van der Waals surface area (Å²) < 4.78 is 21.1. The van der Waals surface area contributed by atoms with E-state index in [4.69, 9.17) is 4.74 Å². The fourth-order valence-corrected chi connectivity index (χ4v) is 3.60. The summed E-state index contributed by atoms with van der Waals surface area (Å²) in [5.41, 5.74) is 3.25. The van der Waals surface area contributed by atoms with Crippen molar-refractivity contribution in [2.24, 2.45) is 0 Å². The fraction of sp³-hybridized carbons (Fsp3) is 0.318. The summed E-state index contributed by atoms with van der Waals surface area (Å²) in [5.74, 6) is -0.190. The first-order chi connectivity index (χ1) is 13.8. The van der Waals surface area contributed by atoms with Crippen LogP contribution < -0.4 is 5.32 Å². The minimum absolute atomic E-state index is 0.128. The van der Waals surface area contributed by atoms with Gasteiger partial charge in [-0.3, -0.25) is 4.90 Å². The SMILES string of the molecule is Fc1cccc(C(CNCc2ccc(-n3cccn3)cc2)N2CCOCC2)c1. The Morgan fingerprint density at radius 3 is 2.61 bits per heavy atom. The van der Waals surface area contributed by atoms with Crippen molar-refractivity contribution in [3.05, 3.63) is 83.9 Å². The Morgan fingerprint density at radius 1 is 1.07 bits per heavy atom. The predicted octanol–water partition coefficient (Wildman–Crippen LogP) is 3.17. The van der Waals surface area contributed by atoms with E-state index in [9.17, 15) is 4.39 Å². The van der Waals surface area contributed by atoms with Crippen molar-refractivity contribution < 1.29 is 9.13 Å². The van der Waals surface area contributed by atoms with Crippen molar-refractivity contribution in [1.82, 2.24) is 20.0 Å². The molecule has 3 aromatic rings. The van der Waals surface area contributed by atoms with Crippen molar-refractivity contribution in [1.29, 1.82) is 0 Å². The molecule has 0 spiro atoms. The standard InChI is InChI=1S/C22H25FN4O/c23-20-4-1-3-19(15-20)22(26-11-13-28-14-12-26)17-24-16-18-5-7-21(8-6-18)27-10-2-9-25-27/h1-10,15,22,24H,11-14,16-17H2. The van der Waals surface area contributed by atoms with Crippen LogP contribution in [0.2, 0.25) is 0 Å². The van der Waals surface area contributed by atoms with Crippen LogP contribution in [-0.4, -0.2) is 47.5 Å². The van der Waals surface area contributed by atoms with Crippen LogP contribution in [0.15, 0.2) is 67.0 Å². The third-order valence-corrected chi connectivity index (χ3v) is 5.09. The highest BCUT2D eigenvalue weighted by atomic mass is 19.1. The van der Waals surface area contributed by atoms with E-state index >= 15 is 0 Å². The van der Waals surface area contributed by atoms with Gasteiger partial charge in [0.25, 0.3) is 0 Å². The van der Waals surface area contributed by atoms with Crippen molar-refractivity contribution >= 4 is 0 Å². The number of hydrogen-bond acceptors (Lipinski definition) is 4. The molecule has 4 rings (SSSR count). The summed E-state index contributed by atoms with van der Waals surface area (Å²) in [4.78, 5) is 2.37. The van der Waals surface area contributed by atoms with Gasteiger partial charge < -0.3 is 10.1 Å². The molecule has 6 heteroatoms. The Bertz CT molecular complexity index is 861. The summed E-state index contributed by atoms with van der Waals surface area (Å²) >= 11 is 0. The monoisotopic (exact) mass is 380 g/mol. The summed E-state index contributed by atoms with van der Waals surface area (Å²) in [6, 6.07) is 17.3. The molecule has 2 heterocycles. The average Bonchev–Trinajstić information content (AvgIpc) is 3.27. The van der Waals surface area contributed by atoms with E-state index in [1.165, 1.54) is 11.6 Å². The molecule has 1 unspecified atom stereocenters. The second-order valence-corrected chi connectivity index (χ2v) is 6.97. The molecular formula is C22H25FN4O. The normalized spacial score (nSPS) is 16.2. The summed E-state index contributed by atoms with van der Waals surface area (Å²) in [5, 5.41) is 7.79. The molecule has 1 fully saturated rings. The van der Waals surface area contributed by atoms with Gasteiger partial charge in [-0.05, 0) is 41.5 Å². The maximum Gasteiger partial charge on any atom is 0.123 e. The first-order valence-corrected chi connectivity index (χ1v) is 9.66. The number of nitrogens with one attached hydrogen (secondary N) is 1. The number of aromatic nitrogens is 2. The number of hydrogen-bond donors (Lipinski definition) is 1. The zero-order valence-electron chi connectivity index (χ0n) is 15.8. The summed E-state index contributed by atoms with van der Waals surface area (Å²) in [6.45, 7) is 4.68. The number of rotatable bonds is 7. The topological polar surface area (TPSA) is 42.3 Å². The molecule has 0 aliphatic carbocycles. The highest BCUT2D eigenvalue weighted by molar-refractivity contribution is 5.33. The van der Waals surface area contributed by atoms with Gasteiger partial charge in [0, 0.05) is 44.6 Å². The zero-order valence-corrected chi connectivity index (χ0v) is 15.8. The number of halogens is 1. The molecular weight excluding hydrogens is 355 g/mol. The first kappa shape index (κ1) is 18.8. The van der Waals surface area contributed by atoms with E-state index in [1.807, 2.05) is 23.0 Å². The number of morpholine rings is 1. The Hall–Kier alpha value is -2.54. The largest absolute Gasteiger partial charge is 0.379 e. The van der Waals surface area contributed by atoms with Gasteiger partial charge >= 0.3 is 0 Å².